The Kier molecular flexibility index (Phi) is 6.18. The summed E-state index contributed by atoms with van der Waals surface area (Å²) in [5.41, 5.74) is 3.32. The van der Waals surface area contributed by atoms with Gasteiger partial charge in [-0.15, -0.1) is 11.3 Å². The number of hydrogen-bond acceptors (Lipinski definition) is 7. The van der Waals surface area contributed by atoms with Crippen molar-refractivity contribution in [2.24, 2.45) is 0 Å². The van der Waals surface area contributed by atoms with Crippen LogP contribution in [0.15, 0.2) is 52.4 Å². The Morgan fingerprint density at radius 3 is 2.62 bits per heavy atom. The minimum Gasteiger partial charge on any atom is -0.494 e. The Balaban J connectivity index is 1.38. The molecule has 0 aliphatic rings. The number of aromatic nitrogens is 2. The van der Waals surface area contributed by atoms with Gasteiger partial charge in [-0.1, -0.05) is 5.16 Å². The third kappa shape index (κ3) is 4.62. The maximum atomic E-state index is 13.9. The van der Waals surface area contributed by atoms with Gasteiger partial charge in [0.05, 0.1) is 24.1 Å². The predicted octanol–water partition coefficient (Wildman–Crippen LogP) is 5.39. The maximum absolute atomic E-state index is 13.9. The molecule has 0 fully saturated rings. The monoisotopic (exact) mass is 453 g/mol. The Morgan fingerprint density at radius 2 is 1.97 bits per heavy atom. The SMILES string of the molecule is COc1ccc(-c2csc(NC(=O)c3ccc(OCc4c(C)noc4C)cc3)n2)cc1F. The van der Waals surface area contributed by atoms with E-state index in [1.54, 1.807) is 35.7 Å². The molecule has 0 atom stereocenters. The number of carbonyl (C=O) groups is 1. The number of thiazole rings is 1. The van der Waals surface area contributed by atoms with Crippen LogP contribution in [-0.4, -0.2) is 23.2 Å². The molecule has 0 saturated carbocycles. The van der Waals surface area contributed by atoms with Crippen molar-refractivity contribution in [3.8, 4) is 22.8 Å². The van der Waals surface area contributed by atoms with Crippen LogP contribution < -0.4 is 14.8 Å². The second-order valence-corrected chi connectivity index (χ2v) is 7.82. The zero-order valence-electron chi connectivity index (χ0n) is 17.6. The molecule has 0 aliphatic carbocycles. The number of carbonyl (C=O) groups excluding carboxylic acids is 1. The second-order valence-electron chi connectivity index (χ2n) is 6.96. The summed E-state index contributed by atoms with van der Waals surface area (Å²) in [7, 11) is 1.41. The molecule has 2 aromatic carbocycles. The highest BCUT2D eigenvalue weighted by atomic mass is 32.1. The lowest BCUT2D eigenvalue weighted by Crippen LogP contribution is -2.11. The van der Waals surface area contributed by atoms with Gasteiger partial charge in [-0.25, -0.2) is 9.37 Å². The van der Waals surface area contributed by atoms with E-state index in [4.69, 9.17) is 14.0 Å². The van der Waals surface area contributed by atoms with Crippen molar-refractivity contribution in [1.29, 1.82) is 0 Å². The molecule has 0 bridgehead atoms. The first kappa shape index (κ1) is 21.5. The van der Waals surface area contributed by atoms with Crippen molar-refractivity contribution in [3.63, 3.8) is 0 Å². The van der Waals surface area contributed by atoms with Crippen LogP contribution in [-0.2, 0) is 6.61 Å². The van der Waals surface area contributed by atoms with Gasteiger partial charge in [0, 0.05) is 16.5 Å². The van der Waals surface area contributed by atoms with Gasteiger partial charge < -0.3 is 14.0 Å². The molecule has 0 saturated heterocycles. The molecule has 1 amide bonds. The minimum atomic E-state index is -0.472. The van der Waals surface area contributed by atoms with Gasteiger partial charge in [-0.2, -0.15) is 0 Å². The van der Waals surface area contributed by atoms with E-state index in [0.29, 0.717) is 34.3 Å². The van der Waals surface area contributed by atoms with E-state index in [9.17, 15) is 9.18 Å². The smallest absolute Gasteiger partial charge is 0.257 e. The first-order valence-electron chi connectivity index (χ1n) is 9.70. The van der Waals surface area contributed by atoms with E-state index in [0.717, 1.165) is 17.0 Å². The van der Waals surface area contributed by atoms with Gasteiger partial charge in [0.15, 0.2) is 16.7 Å². The highest BCUT2D eigenvalue weighted by Gasteiger charge is 2.13. The molecule has 2 aromatic heterocycles. The fraction of sp³-hybridized carbons (Fsp3) is 0.174. The number of anilines is 1. The summed E-state index contributed by atoms with van der Waals surface area (Å²) in [6.07, 6.45) is 0. The number of rotatable bonds is 7. The number of halogens is 1. The van der Waals surface area contributed by atoms with Crippen molar-refractivity contribution < 1.29 is 23.2 Å². The molecular weight excluding hydrogens is 433 g/mol. The number of methoxy groups -OCH3 is 1. The number of hydrogen-bond donors (Lipinski definition) is 1. The Labute approximate surface area is 187 Å². The van der Waals surface area contributed by atoms with Gasteiger partial charge >= 0.3 is 0 Å². The molecule has 2 heterocycles. The number of benzene rings is 2. The highest BCUT2D eigenvalue weighted by Crippen LogP contribution is 2.28. The van der Waals surface area contributed by atoms with Crippen LogP contribution >= 0.6 is 11.3 Å². The fourth-order valence-electron chi connectivity index (χ4n) is 3.02. The van der Waals surface area contributed by atoms with Gasteiger partial charge in [0.2, 0.25) is 0 Å². The standard InChI is InChI=1S/C23H20FN3O4S/c1-13-18(14(2)31-27-13)11-30-17-7-4-15(5-8-17)22(28)26-23-25-20(12-32-23)16-6-9-21(29-3)19(24)10-16/h4-10,12H,11H2,1-3H3,(H,25,26,28). The predicted molar refractivity (Wildman–Crippen MR) is 119 cm³/mol. The van der Waals surface area contributed by atoms with Crippen LogP contribution in [0.3, 0.4) is 0 Å². The summed E-state index contributed by atoms with van der Waals surface area (Å²) in [5.74, 6) is 0.735. The summed E-state index contributed by atoms with van der Waals surface area (Å²) in [6, 6.07) is 11.4. The highest BCUT2D eigenvalue weighted by molar-refractivity contribution is 7.14. The van der Waals surface area contributed by atoms with Crippen LogP contribution in [0.25, 0.3) is 11.3 Å². The molecule has 0 aliphatic heterocycles. The molecule has 0 radical (unpaired) electrons. The van der Waals surface area contributed by atoms with E-state index in [1.165, 1.54) is 30.6 Å². The lowest BCUT2D eigenvalue weighted by atomic mass is 10.1. The quantitative estimate of drug-likeness (QED) is 0.404. The van der Waals surface area contributed by atoms with E-state index in [-0.39, 0.29) is 11.7 Å². The molecule has 9 heteroatoms. The number of amides is 1. The molecule has 4 rings (SSSR count). The van der Waals surface area contributed by atoms with Crippen LogP contribution in [0.5, 0.6) is 11.5 Å². The summed E-state index contributed by atoms with van der Waals surface area (Å²) in [6.45, 7) is 4.03. The molecule has 32 heavy (non-hydrogen) atoms. The van der Waals surface area contributed by atoms with Crippen LogP contribution in [0.2, 0.25) is 0 Å². The lowest BCUT2D eigenvalue weighted by Gasteiger charge is -2.07. The minimum absolute atomic E-state index is 0.164. The van der Waals surface area contributed by atoms with Crippen molar-refractivity contribution in [2.75, 3.05) is 12.4 Å². The van der Waals surface area contributed by atoms with Crippen LogP contribution in [0.4, 0.5) is 9.52 Å². The first-order valence-corrected chi connectivity index (χ1v) is 10.6. The van der Waals surface area contributed by atoms with Crippen molar-refractivity contribution in [3.05, 3.63) is 76.2 Å². The maximum Gasteiger partial charge on any atom is 0.257 e. The Morgan fingerprint density at radius 1 is 1.19 bits per heavy atom. The van der Waals surface area contributed by atoms with Crippen LogP contribution in [0.1, 0.15) is 27.4 Å². The Hall–Kier alpha value is -3.72. The van der Waals surface area contributed by atoms with Gasteiger partial charge in [0.25, 0.3) is 5.91 Å². The summed E-state index contributed by atoms with van der Waals surface area (Å²) in [5, 5.41) is 8.83. The number of nitrogens with zero attached hydrogens (tertiary/aromatic N) is 2. The first-order chi connectivity index (χ1) is 15.4. The normalized spacial score (nSPS) is 10.8. The number of ether oxygens (including phenoxy) is 2. The van der Waals surface area contributed by atoms with E-state index in [1.807, 2.05) is 13.8 Å². The summed E-state index contributed by atoms with van der Waals surface area (Å²) in [4.78, 5) is 16.9. The van der Waals surface area contributed by atoms with Crippen molar-refractivity contribution in [1.82, 2.24) is 10.1 Å². The molecule has 1 N–H and O–H groups in total. The lowest BCUT2D eigenvalue weighted by molar-refractivity contribution is 0.102. The van der Waals surface area contributed by atoms with E-state index >= 15 is 0 Å². The molecule has 0 unspecified atom stereocenters. The summed E-state index contributed by atoms with van der Waals surface area (Å²) < 4.78 is 29.8. The average Bonchev–Trinajstić information content (AvgIpc) is 3.39. The fourth-order valence-corrected chi connectivity index (χ4v) is 3.74. The van der Waals surface area contributed by atoms with E-state index in [2.05, 4.69) is 15.5 Å². The third-order valence-corrected chi connectivity index (χ3v) is 5.61. The largest absolute Gasteiger partial charge is 0.494 e. The van der Waals surface area contributed by atoms with Crippen molar-refractivity contribution in [2.45, 2.75) is 20.5 Å². The van der Waals surface area contributed by atoms with Gasteiger partial charge in [-0.3, -0.25) is 10.1 Å². The Bertz CT molecular complexity index is 1230. The van der Waals surface area contributed by atoms with Crippen LogP contribution in [0, 0.1) is 19.7 Å². The number of aryl methyl sites for hydroxylation is 2. The molecule has 7 nitrogen and oxygen atoms in total. The number of nitrogens with one attached hydrogen (secondary N) is 1. The zero-order valence-corrected chi connectivity index (χ0v) is 18.5. The molecular formula is C23H20FN3O4S. The zero-order chi connectivity index (χ0) is 22.7. The molecule has 164 valence electrons. The molecule has 4 aromatic rings. The topological polar surface area (TPSA) is 86.5 Å². The van der Waals surface area contributed by atoms with Gasteiger partial charge in [-0.05, 0) is 56.3 Å². The van der Waals surface area contributed by atoms with Crippen molar-refractivity contribution >= 4 is 22.4 Å². The second kappa shape index (κ2) is 9.19. The average molecular weight is 453 g/mol. The van der Waals surface area contributed by atoms with E-state index < -0.39 is 5.82 Å². The molecule has 0 spiro atoms. The third-order valence-electron chi connectivity index (χ3n) is 4.85. The summed E-state index contributed by atoms with van der Waals surface area (Å²) >= 11 is 1.26. The van der Waals surface area contributed by atoms with Gasteiger partial charge in [0.1, 0.15) is 18.1 Å².